The van der Waals surface area contributed by atoms with Gasteiger partial charge in [-0.05, 0) is 75.6 Å². The maximum Gasteiger partial charge on any atom is 0.319 e. The van der Waals surface area contributed by atoms with Crippen LogP contribution in [-0.2, 0) is 24.0 Å². The fourth-order valence-electron chi connectivity index (χ4n) is 6.51. The molecule has 5 aliphatic rings. The molecule has 1 aliphatic carbocycles. The molecule has 5 fully saturated rings. The average Bonchev–Trinajstić information content (AvgIpc) is 3.09. The largest absolute Gasteiger partial charge is 0.494 e. The molecule has 9 heteroatoms. The van der Waals surface area contributed by atoms with Crippen molar-refractivity contribution in [3.8, 4) is 5.75 Å². The first-order chi connectivity index (χ1) is 17.3. The average molecular weight is 505 g/mol. The van der Waals surface area contributed by atoms with Gasteiger partial charge >= 0.3 is 6.03 Å². The molecule has 1 saturated carbocycles. The Labute approximate surface area is 213 Å². The van der Waals surface area contributed by atoms with Crippen molar-refractivity contribution >= 4 is 11.7 Å². The standard InChI is InChI=1S/C27H40N2O7/c1-5-31-20-10-8-19(9-11-20)29-25(30)28-15-6-16-32-23-18(3)22-12-7-17(2)21-13-14-26(4)34-24(33-23)27(21,22)36-35-26/h8-11,17-18,21-24H,5-7,12-16H2,1-4H3,(H2,28,29,30)/t17-,18-,21+,22+,23-,24-,26+,27-/m1/s1. The third-order valence-corrected chi connectivity index (χ3v) is 8.41. The van der Waals surface area contributed by atoms with Crippen LogP contribution in [0.2, 0.25) is 0 Å². The van der Waals surface area contributed by atoms with Gasteiger partial charge in [0.1, 0.15) is 5.75 Å². The van der Waals surface area contributed by atoms with E-state index in [0.717, 1.165) is 31.4 Å². The number of rotatable bonds is 8. The number of carbonyl (C=O) groups excluding carboxylic acids is 1. The van der Waals surface area contributed by atoms with Crippen LogP contribution in [0.25, 0.3) is 0 Å². The van der Waals surface area contributed by atoms with Crippen molar-refractivity contribution in [1.29, 1.82) is 0 Å². The Kier molecular flexibility index (Phi) is 7.47. The number of hydrogen-bond donors (Lipinski definition) is 2. The van der Waals surface area contributed by atoms with E-state index in [2.05, 4.69) is 24.5 Å². The number of carbonyl (C=O) groups is 1. The third-order valence-electron chi connectivity index (χ3n) is 8.41. The van der Waals surface area contributed by atoms with E-state index in [1.165, 1.54) is 0 Å². The molecule has 200 valence electrons. The smallest absolute Gasteiger partial charge is 0.319 e. The number of anilines is 1. The summed E-state index contributed by atoms with van der Waals surface area (Å²) in [5, 5.41) is 5.70. The molecule has 2 bridgehead atoms. The van der Waals surface area contributed by atoms with Crippen LogP contribution in [0.3, 0.4) is 0 Å². The van der Waals surface area contributed by atoms with E-state index in [9.17, 15) is 4.79 Å². The summed E-state index contributed by atoms with van der Waals surface area (Å²) >= 11 is 0. The molecule has 6 rings (SSSR count). The first kappa shape index (κ1) is 25.7. The zero-order valence-corrected chi connectivity index (χ0v) is 21.8. The van der Waals surface area contributed by atoms with Gasteiger partial charge in [0.05, 0.1) is 13.2 Å². The maximum absolute atomic E-state index is 12.2. The summed E-state index contributed by atoms with van der Waals surface area (Å²) in [5.41, 5.74) is 0.135. The molecule has 0 aromatic heterocycles. The monoisotopic (exact) mass is 504 g/mol. The van der Waals surface area contributed by atoms with E-state index in [-0.39, 0.29) is 24.2 Å². The normalized spacial score (nSPS) is 39.1. The summed E-state index contributed by atoms with van der Waals surface area (Å²) in [7, 11) is 0. The molecule has 1 aromatic carbocycles. The Morgan fingerprint density at radius 3 is 2.69 bits per heavy atom. The summed E-state index contributed by atoms with van der Waals surface area (Å²) in [5.74, 6) is 1.24. The van der Waals surface area contributed by atoms with Crippen molar-refractivity contribution in [2.24, 2.45) is 23.7 Å². The highest BCUT2D eigenvalue weighted by Gasteiger charge is 2.69. The summed E-state index contributed by atoms with van der Waals surface area (Å²) < 4.78 is 24.4. The lowest BCUT2D eigenvalue weighted by Gasteiger charge is -2.60. The molecule has 9 nitrogen and oxygen atoms in total. The molecule has 8 atom stereocenters. The molecule has 0 radical (unpaired) electrons. The molecular formula is C27H40N2O7. The predicted molar refractivity (Wildman–Crippen MR) is 132 cm³/mol. The zero-order chi connectivity index (χ0) is 25.3. The van der Waals surface area contributed by atoms with Gasteiger partial charge in [0.2, 0.25) is 5.79 Å². The lowest BCUT2D eigenvalue weighted by Crippen LogP contribution is -2.70. The quantitative estimate of drug-likeness (QED) is 0.387. The lowest BCUT2D eigenvalue weighted by atomic mass is 9.58. The second-order valence-electron chi connectivity index (χ2n) is 10.8. The van der Waals surface area contributed by atoms with Crippen LogP contribution in [-0.4, -0.2) is 49.8 Å². The first-order valence-electron chi connectivity index (χ1n) is 13.4. The fraction of sp³-hybridized carbons (Fsp3) is 0.741. The van der Waals surface area contributed by atoms with Crippen LogP contribution in [0.4, 0.5) is 10.5 Å². The van der Waals surface area contributed by atoms with E-state index in [0.29, 0.717) is 43.7 Å². The second-order valence-corrected chi connectivity index (χ2v) is 10.8. The number of fused-ring (bicyclic) bond motifs is 2. The van der Waals surface area contributed by atoms with Crippen LogP contribution in [0, 0.1) is 23.7 Å². The Bertz CT molecular complexity index is 914. The van der Waals surface area contributed by atoms with E-state index < -0.39 is 17.7 Å². The summed E-state index contributed by atoms with van der Waals surface area (Å²) in [6, 6.07) is 7.05. The molecule has 4 heterocycles. The van der Waals surface area contributed by atoms with Crippen molar-refractivity contribution in [2.45, 2.75) is 83.8 Å². The molecule has 0 unspecified atom stereocenters. The van der Waals surface area contributed by atoms with Crippen molar-refractivity contribution < 1.29 is 33.5 Å². The van der Waals surface area contributed by atoms with Gasteiger partial charge in [0.15, 0.2) is 18.2 Å². The minimum atomic E-state index is -0.788. The number of urea groups is 1. The SMILES string of the molecule is CCOc1ccc(NC(=O)NCCCO[C@@H]2O[C@@H]3O[C@]4(C)CC[C@H]5[C@H](C)CC[C@@H]([C@H]2C)[C@@]35OO4)cc1. The first-order valence-corrected chi connectivity index (χ1v) is 13.4. The summed E-state index contributed by atoms with van der Waals surface area (Å²) in [6.45, 7) is 9.92. The van der Waals surface area contributed by atoms with Gasteiger partial charge in [-0.15, -0.1) is 0 Å². The molecule has 4 saturated heterocycles. The van der Waals surface area contributed by atoms with Crippen molar-refractivity contribution in [3.05, 3.63) is 24.3 Å². The van der Waals surface area contributed by atoms with Crippen LogP contribution in [0.1, 0.15) is 59.8 Å². The van der Waals surface area contributed by atoms with Gasteiger partial charge in [-0.2, -0.15) is 0 Å². The van der Waals surface area contributed by atoms with Gasteiger partial charge in [0, 0.05) is 30.5 Å². The zero-order valence-electron chi connectivity index (χ0n) is 21.8. The van der Waals surface area contributed by atoms with Gasteiger partial charge < -0.3 is 29.6 Å². The van der Waals surface area contributed by atoms with E-state index in [1.807, 2.05) is 38.1 Å². The van der Waals surface area contributed by atoms with Crippen LogP contribution < -0.4 is 15.4 Å². The number of ether oxygens (including phenoxy) is 4. The Morgan fingerprint density at radius 1 is 1.11 bits per heavy atom. The number of hydrogen-bond acceptors (Lipinski definition) is 7. The van der Waals surface area contributed by atoms with E-state index in [4.69, 9.17) is 28.7 Å². The van der Waals surface area contributed by atoms with Crippen LogP contribution >= 0.6 is 0 Å². The molecule has 2 amide bonds. The number of nitrogens with one attached hydrogen (secondary N) is 2. The molecule has 1 spiro atoms. The molecule has 2 N–H and O–H groups in total. The molecule has 1 aromatic rings. The topological polar surface area (TPSA) is 96.5 Å². The number of benzene rings is 1. The van der Waals surface area contributed by atoms with Crippen molar-refractivity contribution in [3.63, 3.8) is 0 Å². The Morgan fingerprint density at radius 2 is 1.92 bits per heavy atom. The molecular weight excluding hydrogens is 464 g/mol. The minimum Gasteiger partial charge on any atom is -0.494 e. The van der Waals surface area contributed by atoms with Gasteiger partial charge in [-0.3, -0.25) is 0 Å². The molecule has 4 aliphatic heterocycles. The highest BCUT2D eigenvalue weighted by molar-refractivity contribution is 5.89. The predicted octanol–water partition coefficient (Wildman–Crippen LogP) is 4.82. The lowest BCUT2D eigenvalue weighted by molar-refractivity contribution is -0.577. The molecule has 36 heavy (non-hydrogen) atoms. The number of amides is 2. The van der Waals surface area contributed by atoms with Crippen LogP contribution in [0.5, 0.6) is 5.75 Å². The van der Waals surface area contributed by atoms with Gasteiger partial charge in [-0.25, -0.2) is 14.6 Å². The van der Waals surface area contributed by atoms with E-state index in [1.54, 1.807) is 0 Å². The highest BCUT2D eigenvalue weighted by Crippen LogP contribution is 2.60. The fourth-order valence-corrected chi connectivity index (χ4v) is 6.51. The van der Waals surface area contributed by atoms with Gasteiger partial charge in [0.25, 0.3) is 0 Å². The highest BCUT2D eigenvalue weighted by atomic mass is 17.3. The van der Waals surface area contributed by atoms with Crippen LogP contribution in [0.15, 0.2) is 24.3 Å². The minimum absolute atomic E-state index is 0.141. The van der Waals surface area contributed by atoms with Crippen molar-refractivity contribution in [2.75, 3.05) is 25.1 Å². The van der Waals surface area contributed by atoms with Gasteiger partial charge in [-0.1, -0.05) is 13.8 Å². The summed E-state index contributed by atoms with van der Waals surface area (Å²) in [6.07, 6.45) is 3.78. The Balaban J connectivity index is 1.11. The van der Waals surface area contributed by atoms with E-state index >= 15 is 0 Å². The summed E-state index contributed by atoms with van der Waals surface area (Å²) in [4.78, 5) is 24.3. The maximum atomic E-state index is 12.2. The third kappa shape index (κ3) is 4.84. The second kappa shape index (κ2) is 10.5. The van der Waals surface area contributed by atoms with Crippen molar-refractivity contribution in [1.82, 2.24) is 5.32 Å². The Hall–Kier alpha value is -1.91.